The monoisotopic (exact) mass is 436 g/mol. The molecule has 0 unspecified atom stereocenters. The van der Waals surface area contributed by atoms with Gasteiger partial charge in [-0.15, -0.1) is 0 Å². The second-order valence-electron chi connectivity index (χ2n) is 7.94. The number of benzene rings is 2. The average Bonchev–Trinajstić information content (AvgIpc) is 2.65. The van der Waals surface area contributed by atoms with Crippen molar-refractivity contribution >= 4 is 33.2 Å². The van der Waals surface area contributed by atoms with Crippen molar-refractivity contribution in [3.05, 3.63) is 58.6 Å². The van der Waals surface area contributed by atoms with Crippen LogP contribution in [0.25, 0.3) is 0 Å². The van der Waals surface area contributed by atoms with E-state index in [0.717, 1.165) is 9.87 Å². The molecule has 2 aromatic rings. The smallest absolute Gasteiger partial charge is 0.264 e. The van der Waals surface area contributed by atoms with Gasteiger partial charge in [-0.3, -0.25) is 9.10 Å². The number of hydrogen-bond acceptors (Lipinski definition) is 3. The van der Waals surface area contributed by atoms with Gasteiger partial charge in [0.25, 0.3) is 15.9 Å². The molecule has 7 heteroatoms. The highest BCUT2D eigenvalue weighted by Gasteiger charge is 2.25. The number of carbonyl (C=O) groups is 1. The molecule has 0 radical (unpaired) electrons. The Bertz CT molecular complexity index is 962. The third-order valence-corrected chi connectivity index (χ3v) is 7.10. The molecule has 0 fully saturated rings. The maximum atomic E-state index is 13.0. The summed E-state index contributed by atoms with van der Waals surface area (Å²) in [5, 5.41) is 3.30. The van der Waals surface area contributed by atoms with Gasteiger partial charge in [0.15, 0.2) is 0 Å². The summed E-state index contributed by atoms with van der Waals surface area (Å²) in [6, 6.07) is 11.3. The molecule has 0 saturated carbocycles. The second kappa shape index (κ2) is 9.18. The SMILES string of the molecule is Cc1ccc(S(=O)(=O)N(C)c2ccc(Cl)c(C(=O)NC(C(C)C)C(C)C)c2)cc1. The van der Waals surface area contributed by atoms with Crippen molar-refractivity contribution in [3.8, 4) is 0 Å². The Balaban J connectivity index is 2.36. The summed E-state index contributed by atoms with van der Waals surface area (Å²) in [5.74, 6) is 0.196. The summed E-state index contributed by atoms with van der Waals surface area (Å²) in [7, 11) is -2.29. The van der Waals surface area contributed by atoms with Crippen LogP contribution in [0.15, 0.2) is 47.4 Å². The third kappa shape index (κ3) is 5.31. The molecule has 2 rings (SSSR count). The van der Waals surface area contributed by atoms with Crippen molar-refractivity contribution in [3.63, 3.8) is 0 Å². The molecule has 1 amide bonds. The Kier molecular flexibility index (Phi) is 7.35. The molecular formula is C22H29ClN2O3S. The van der Waals surface area contributed by atoms with Crippen molar-refractivity contribution in [2.75, 3.05) is 11.4 Å². The molecule has 29 heavy (non-hydrogen) atoms. The van der Waals surface area contributed by atoms with Crippen LogP contribution in [0.4, 0.5) is 5.69 Å². The van der Waals surface area contributed by atoms with Crippen LogP contribution in [-0.4, -0.2) is 27.4 Å². The maximum absolute atomic E-state index is 13.0. The lowest BCUT2D eigenvalue weighted by Crippen LogP contribution is -2.42. The number of nitrogens with zero attached hydrogens (tertiary/aromatic N) is 1. The zero-order valence-corrected chi connectivity index (χ0v) is 19.3. The molecule has 0 aliphatic rings. The van der Waals surface area contributed by atoms with Crippen LogP contribution in [-0.2, 0) is 10.0 Å². The molecule has 158 valence electrons. The van der Waals surface area contributed by atoms with Crippen LogP contribution >= 0.6 is 11.6 Å². The lowest BCUT2D eigenvalue weighted by molar-refractivity contribution is 0.0910. The van der Waals surface area contributed by atoms with Crippen LogP contribution in [0.1, 0.15) is 43.6 Å². The molecule has 1 N–H and O–H groups in total. The minimum absolute atomic E-state index is 0.0174. The number of nitrogens with one attached hydrogen (secondary N) is 1. The normalized spacial score (nSPS) is 11.9. The van der Waals surface area contributed by atoms with Gasteiger partial charge in [0.05, 0.1) is 21.2 Å². The Morgan fingerprint density at radius 3 is 2.07 bits per heavy atom. The van der Waals surface area contributed by atoms with E-state index in [-0.39, 0.29) is 39.3 Å². The van der Waals surface area contributed by atoms with Crippen LogP contribution in [0.2, 0.25) is 5.02 Å². The molecule has 0 saturated heterocycles. The van der Waals surface area contributed by atoms with Gasteiger partial charge < -0.3 is 5.32 Å². The number of aryl methyl sites for hydroxylation is 1. The van der Waals surface area contributed by atoms with E-state index in [0.29, 0.717) is 5.69 Å². The fourth-order valence-corrected chi connectivity index (χ4v) is 4.61. The minimum atomic E-state index is -3.76. The van der Waals surface area contributed by atoms with Crippen molar-refractivity contribution < 1.29 is 13.2 Å². The van der Waals surface area contributed by atoms with Crippen molar-refractivity contribution in [1.82, 2.24) is 5.32 Å². The number of rotatable bonds is 7. The van der Waals surface area contributed by atoms with Crippen LogP contribution in [0, 0.1) is 18.8 Å². The third-order valence-electron chi connectivity index (χ3n) is 4.97. The van der Waals surface area contributed by atoms with Crippen molar-refractivity contribution in [2.45, 2.75) is 45.6 Å². The van der Waals surface area contributed by atoms with Crippen LogP contribution in [0.5, 0.6) is 0 Å². The van der Waals surface area contributed by atoms with Gasteiger partial charge in [0, 0.05) is 13.1 Å². The van der Waals surface area contributed by atoms with Crippen molar-refractivity contribution in [1.29, 1.82) is 0 Å². The van der Waals surface area contributed by atoms with Gasteiger partial charge in [-0.05, 0) is 49.1 Å². The Morgan fingerprint density at radius 1 is 1.00 bits per heavy atom. The average molecular weight is 437 g/mol. The lowest BCUT2D eigenvalue weighted by Gasteiger charge is -2.26. The quantitative estimate of drug-likeness (QED) is 0.672. The zero-order chi connectivity index (χ0) is 21.9. The molecule has 0 aromatic heterocycles. The second-order valence-corrected chi connectivity index (χ2v) is 10.3. The first-order chi connectivity index (χ1) is 13.4. The van der Waals surface area contributed by atoms with Crippen LogP contribution in [0.3, 0.4) is 0 Å². The Morgan fingerprint density at radius 2 is 1.55 bits per heavy atom. The van der Waals surface area contributed by atoms with Crippen LogP contribution < -0.4 is 9.62 Å². The van der Waals surface area contributed by atoms with E-state index < -0.39 is 10.0 Å². The first kappa shape index (κ1) is 23.2. The highest BCUT2D eigenvalue weighted by molar-refractivity contribution is 7.92. The standard InChI is InChI=1S/C22H29ClN2O3S/c1-14(2)21(15(3)4)24-22(26)19-13-17(9-12-20(19)23)25(6)29(27,28)18-10-7-16(5)8-11-18/h7-15,21H,1-6H3,(H,24,26). The van der Waals surface area contributed by atoms with E-state index in [1.807, 2.05) is 34.6 Å². The van der Waals surface area contributed by atoms with Gasteiger partial charge >= 0.3 is 0 Å². The highest BCUT2D eigenvalue weighted by atomic mass is 35.5. The zero-order valence-electron chi connectivity index (χ0n) is 17.7. The molecule has 0 heterocycles. The first-order valence-corrected chi connectivity index (χ1v) is 11.4. The molecular weight excluding hydrogens is 408 g/mol. The van der Waals surface area contributed by atoms with Gasteiger partial charge in [-0.2, -0.15) is 0 Å². The number of sulfonamides is 1. The summed E-state index contributed by atoms with van der Waals surface area (Å²) in [4.78, 5) is 13.0. The Hall–Kier alpha value is -2.05. The van der Waals surface area contributed by atoms with Gasteiger partial charge in [-0.1, -0.05) is 57.0 Å². The maximum Gasteiger partial charge on any atom is 0.264 e. The highest BCUT2D eigenvalue weighted by Crippen LogP contribution is 2.27. The predicted molar refractivity (Wildman–Crippen MR) is 119 cm³/mol. The molecule has 0 atom stereocenters. The number of halogens is 1. The van der Waals surface area contributed by atoms with E-state index in [9.17, 15) is 13.2 Å². The van der Waals surface area contributed by atoms with Gasteiger partial charge in [0.1, 0.15) is 0 Å². The number of amides is 1. The molecule has 0 aliphatic heterocycles. The first-order valence-electron chi connectivity index (χ1n) is 9.61. The molecule has 5 nitrogen and oxygen atoms in total. The van der Waals surface area contributed by atoms with E-state index >= 15 is 0 Å². The van der Waals surface area contributed by atoms with Gasteiger partial charge in [-0.25, -0.2) is 8.42 Å². The summed E-state index contributed by atoms with van der Waals surface area (Å²) in [6.07, 6.45) is 0. The summed E-state index contributed by atoms with van der Waals surface area (Å²) in [5.41, 5.74) is 1.59. The fraction of sp³-hybridized carbons (Fsp3) is 0.409. The van der Waals surface area contributed by atoms with E-state index in [2.05, 4.69) is 5.32 Å². The Labute approximate surface area is 179 Å². The van der Waals surface area contributed by atoms with Crippen molar-refractivity contribution in [2.24, 2.45) is 11.8 Å². The molecule has 0 bridgehead atoms. The molecule has 0 aliphatic carbocycles. The number of hydrogen-bond donors (Lipinski definition) is 1. The van der Waals surface area contributed by atoms with E-state index in [1.54, 1.807) is 36.4 Å². The topological polar surface area (TPSA) is 66.5 Å². The fourth-order valence-electron chi connectivity index (χ4n) is 3.22. The minimum Gasteiger partial charge on any atom is -0.349 e. The molecule has 2 aromatic carbocycles. The largest absolute Gasteiger partial charge is 0.349 e. The number of anilines is 1. The van der Waals surface area contributed by atoms with E-state index in [1.165, 1.54) is 13.1 Å². The lowest BCUT2D eigenvalue weighted by atomic mass is 9.93. The van der Waals surface area contributed by atoms with E-state index in [4.69, 9.17) is 11.6 Å². The predicted octanol–water partition coefficient (Wildman–Crippen LogP) is 4.88. The summed E-state index contributed by atoms with van der Waals surface area (Å²) >= 11 is 6.26. The summed E-state index contributed by atoms with van der Waals surface area (Å²) < 4.78 is 27.1. The van der Waals surface area contributed by atoms with Gasteiger partial charge in [0.2, 0.25) is 0 Å². The summed E-state index contributed by atoms with van der Waals surface area (Å²) in [6.45, 7) is 10.1. The molecule has 0 spiro atoms. The number of carbonyl (C=O) groups excluding carboxylic acids is 1.